The van der Waals surface area contributed by atoms with Crippen molar-refractivity contribution in [3.8, 4) is 0 Å². The number of anilines is 3. The third kappa shape index (κ3) is 4.33. The smallest absolute Gasteiger partial charge is 0.283 e. The zero-order chi connectivity index (χ0) is 25.4. The number of rotatable bonds is 5. The second kappa shape index (κ2) is 9.49. The first kappa shape index (κ1) is 23.6. The van der Waals surface area contributed by atoms with E-state index < -0.39 is 11.8 Å². The third-order valence-corrected chi connectivity index (χ3v) is 6.63. The van der Waals surface area contributed by atoms with E-state index in [2.05, 4.69) is 10.6 Å². The molecule has 0 radical (unpaired) electrons. The first-order chi connectivity index (χ1) is 17.3. The second-order valence-electron chi connectivity index (χ2n) is 8.25. The van der Waals surface area contributed by atoms with Gasteiger partial charge in [-0.25, -0.2) is 4.90 Å². The predicted octanol–water partition coefficient (Wildman–Crippen LogP) is 6.49. The highest BCUT2D eigenvalue weighted by atomic mass is 35.5. The molecule has 2 N–H and O–H groups in total. The van der Waals surface area contributed by atoms with Gasteiger partial charge in [0, 0.05) is 27.3 Å². The molecule has 1 aliphatic rings. The zero-order valence-corrected chi connectivity index (χ0v) is 20.5. The maximum atomic E-state index is 13.1. The Morgan fingerprint density at radius 1 is 0.833 bits per heavy atom. The lowest BCUT2D eigenvalue weighted by molar-refractivity contribution is -0.120. The average molecular weight is 516 g/mol. The Morgan fingerprint density at radius 2 is 1.58 bits per heavy atom. The lowest BCUT2D eigenvalue weighted by Crippen LogP contribution is -2.32. The van der Waals surface area contributed by atoms with E-state index in [0.29, 0.717) is 27.6 Å². The minimum atomic E-state index is -0.658. The lowest BCUT2D eigenvalue weighted by Gasteiger charge is -2.16. The van der Waals surface area contributed by atoms with Crippen LogP contribution >= 0.6 is 23.2 Å². The minimum Gasteiger partial charge on any atom is -0.350 e. The quantitative estimate of drug-likeness (QED) is 0.297. The van der Waals surface area contributed by atoms with Gasteiger partial charge in [-0.15, -0.1) is 0 Å². The van der Waals surface area contributed by atoms with E-state index in [1.165, 1.54) is 6.07 Å². The van der Waals surface area contributed by atoms with E-state index in [1.807, 2.05) is 49.4 Å². The SMILES string of the molecule is Cc1ccc(N2C(=O)C(Cl)=C(Nc3cccc(C(=O)Nc4cccc5ccccc45)c3)C2=O)cc1Cl. The van der Waals surface area contributed by atoms with Crippen molar-refractivity contribution in [3.05, 3.63) is 112 Å². The molecule has 4 aromatic rings. The topological polar surface area (TPSA) is 78.5 Å². The van der Waals surface area contributed by atoms with Gasteiger partial charge in [-0.1, -0.05) is 71.7 Å². The van der Waals surface area contributed by atoms with E-state index in [0.717, 1.165) is 21.2 Å². The second-order valence-corrected chi connectivity index (χ2v) is 9.04. The number of fused-ring (bicyclic) bond motifs is 1. The molecule has 8 heteroatoms. The molecular formula is C28H19Cl2N3O3. The first-order valence-electron chi connectivity index (χ1n) is 11.0. The van der Waals surface area contributed by atoms with Crippen LogP contribution in [0.4, 0.5) is 17.1 Å². The molecule has 6 nitrogen and oxygen atoms in total. The molecule has 1 aliphatic heterocycles. The van der Waals surface area contributed by atoms with Crippen molar-refractivity contribution in [2.75, 3.05) is 15.5 Å². The standard InChI is InChI=1S/C28H19Cl2N3O3/c1-16-12-13-20(15-22(16)29)33-27(35)24(30)25(28(33)36)31-19-9-4-8-18(14-19)26(34)32-23-11-5-7-17-6-2-3-10-21(17)23/h2-15,31H,1H3,(H,32,34). The number of nitrogens with zero attached hydrogens (tertiary/aromatic N) is 1. The summed E-state index contributed by atoms with van der Waals surface area (Å²) in [5.74, 6) is -1.59. The van der Waals surface area contributed by atoms with E-state index in [1.54, 1.807) is 36.4 Å². The number of carbonyl (C=O) groups excluding carboxylic acids is 3. The molecule has 0 aliphatic carbocycles. The van der Waals surface area contributed by atoms with Gasteiger partial charge in [0.15, 0.2) is 0 Å². The summed E-state index contributed by atoms with van der Waals surface area (Å²) in [4.78, 5) is 39.8. The van der Waals surface area contributed by atoms with Gasteiger partial charge < -0.3 is 10.6 Å². The van der Waals surface area contributed by atoms with Gasteiger partial charge in [0.05, 0.1) is 5.69 Å². The summed E-state index contributed by atoms with van der Waals surface area (Å²) >= 11 is 12.4. The van der Waals surface area contributed by atoms with Crippen molar-refractivity contribution in [3.63, 3.8) is 0 Å². The van der Waals surface area contributed by atoms with Crippen LogP contribution in [-0.4, -0.2) is 17.7 Å². The zero-order valence-electron chi connectivity index (χ0n) is 19.0. The van der Waals surface area contributed by atoms with Crippen molar-refractivity contribution >= 4 is 68.8 Å². The summed E-state index contributed by atoms with van der Waals surface area (Å²) in [5, 5.41) is 7.96. The largest absolute Gasteiger partial charge is 0.350 e. The van der Waals surface area contributed by atoms with Gasteiger partial charge in [0.1, 0.15) is 10.7 Å². The summed E-state index contributed by atoms with van der Waals surface area (Å²) in [6.45, 7) is 1.82. The Morgan fingerprint density at radius 3 is 2.39 bits per heavy atom. The number of hydrogen-bond donors (Lipinski definition) is 2. The molecule has 0 aromatic heterocycles. The third-order valence-electron chi connectivity index (χ3n) is 5.87. The average Bonchev–Trinajstić information content (AvgIpc) is 3.09. The first-order valence-corrected chi connectivity index (χ1v) is 11.8. The molecule has 4 aromatic carbocycles. The number of halogens is 2. The fourth-order valence-corrected chi connectivity index (χ4v) is 4.37. The Kier molecular flexibility index (Phi) is 6.22. The van der Waals surface area contributed by atoms with Crippen LogP contribution in [0.25, 0.3) is 10.8 Å². The predicted molar refractivity (Wildman–Crippen MR) is 144 cm³/mol. The van der Waals surface area contributed by atoms with Crippen molar-refractivity contribution in [1.82, 2.24) is 0 Å². The van der Waals surface area contributed by atoms with Gasteiger partial charge in [-0.05, 0) is 54.3 Å². The van der Waals surface area contributed by atoms with Crippen LogP contribution < -0.4 is 15.5 Å². The van der Waals surface area contributed by atoms with E-state index in [9.17, 15) is 14.4 Å². The fourth-order valence-electron chi connectivity index (χ4n) is 3.98. The molecule has 3 amide bonds. The van der Waals surface area contributed by atoms with Crippen molar-refractivity contribution in [2.24, 2.45) is 0 Å². The van der Waals surface area contributed by atoms with Gasteiger partial charge in [0.2, 0.25) is 0 Å². The number of nitrogens with one attached hydrogen (secondary N) is 2. The molecule has 178 valence electrons. The number of imide groups is 1. The maximum absolute atomic E-state index is 13.1. The Bertz CT molecular complexity index is 1590. The van der Waals surface area contributed by atoms with Gasteiger partial charge >= 0.3 is 0 Å². The van der Waals surface area contributed by atoms with Crippen LogP contribution in [0, 0.1) is 6.92 Å². The molecule has 0 bridgehead atoms. The number of aryl methyl sites for hydroxylation is 1. The molecule has 0 saturated heterocycles. The number of hydrogen-bond acceptors (Lipinski definition) is 4. The number of amides is 3. The highest BCUT2D eigenvalue weighted by Gasteiger charge is 2.39. The molecule has 5 rings (SSSR count). The van der Waals surface area contributed by atoms with E-state index in [-0.39, 0.29) is 16.6 Å². The maximum Gasteiger partial charge on any atom is 0.283 e. The highest BCUT2D eigenvalue weighted by molar-refractivity contribution is 6.53. The lowest BCUT2D eigenvalue weighted by atomic mass is 10.1. The van der Waals surface area contributed by atoms with Crippen LogP contribution in [0.1, 0.15) is 15.9 Å². The monoisotopic (exact) mass is 515 g/mol. The van der Waals surface area contributed by atoms with Crippen molar-refractivity contribution < 1.29 is 14.4 Å². The molecule has 0 atom stereocenters. The van der Waals surface area contributed by atoms with Gasteiger partial charge in [-0.2, -0.15) is 0 Å². The molecule has 1 heterocycles. The molecule has 0 fully saturated rings. The molecular weight excluding hydrogens is 497 g/mol. The summed E-state index contributed by atoms with van der Waals surface area (Å²) in [7, 11) is 0. The highest BCUT2D eigenvalue weighted by Crippen LogP contribution is 2.32. The van der Waals surface area contributed by atoms with E-state index >= 15 is 0 Å². The Balaban J connectivity index is 1.37. The van der Waals surface area contributed by atoms with Crippen LogP contribution in [0.2, 0.25) is 5.02 Å². The Labute approximate surface area is 217 Å². The van der Waals surface area contributed by atoms with Crippen LogP contribution in [0.3, 0.4) is 0 Å². The van der Waals surface area contributed by atoms with Crippen LogP contribution in [-0.2, 0) is 9.59 Å². The molecule has 36 heavy (non-hydrogen) atoms. The number of carbonyl (C=O) groups is 3. The van der Waals surface area contributed by atoms with Crippen LogP contribution in [0.15, 0.2) is 95.7 Å². The van der Waals surface area contributed by atoms with Crippen molar-refractivity contribution in [1.29, 1.82) is 0 Å². The number of benzene rings is 4. The molecule has 0 unspecified atom stereocenters. The molecule has 0 saturated carbocycles. The van der Waals surface area contributed by atoms with Crippen LogP contribution in [0.5, 0.6) is 0 Å². The van der Waals surface area contributed by atoms with Gasteiger partial charge in [-0.3, -0.25) is 14.4 Å². The fraction of sp³-hybridized carbons (Fsp3) is 0.0357. The summed E-state index contributed by atoms with van der Waals surface area (Å²) in [6.07, 6.45) is 0. The van der Waals surface area contributed by atoms with Crippen molar-refractivity contribution in [2.45, 2.75) is 6.92 Å². The summed E-state index contributed by atoms with van der Waals surface area (Å²) in [6, 6.07) is 24.9. The minimum absolute atomic E-state index is 0.0787. The molecule has 0 spiro atoms. The normalized spacial score (nSPS) is 13.5. The summed E-state index contributed by atoms with van der Waals surface area (Å²) in [5.41, 5.74) is 2.53. The Hall–Kier alpha value is -4.13. The summed E-state index contributed by atoms with van der Waals surface area (Å²) < 4.78 is 0. The van der Waals surface area contributed by atoms with E-state index in [4.69, 9.17) is 23.2 Å². The van der Waals surface area contributed by atoms with Gasteiger partial charge in [0.25, 0.3) is 17.7 Å².